The highest BCUT2D eigenvalue weighted by atomic mass is 15.0. The van der Waals surface area contributed by atoms with E-state index in [0.717, 1.165) is 13.1 Å². The van der Waals surface area contributed by atoms with Crippen molar-refractivity contribution < 1.29 is 0 Å². The van der Waals surface area contributed by atoms with Gasteiger partial charge in [-0.3, -0.25) is 0 Å². The van der Waals surface area contributed by atoms with Crippen molar-refractivity contribution in [2.24, 2.45) is 5.41 Å². The Morgan fingerprint density at radius 2 is 1.57 bits per heavy atom. The molecule has 0 saturated heterocycles. The first-order chi connectivity index (χ1) is 6.31. The molecule has 0 fully saturated rings. The maximum atomic E-state index is 3.53. The third-order valence-corrected chi connectivity index (χ3v) is 2.20. The van der Waals surface area contributed by atoms with E-state index in [9.17, 15) is 0 Å². The fourth-order valence-corrected chi connectivity index (χ4v) is 1.18. The maximum Gasteiger partial charge on any atom is 0.0164 e. The van der Waals surface area contributed by atoms with Crippen molar-refractivity contribution in [3.8, 4) is 0 Å². The van der Waals surface area contributed by atoms with Crippen molar-refractivity contribution in [3.63, 3.8) is 0 Å². The molecule has 0 spiro atoms. The molecule has 2 N–H and O–H groups in total. The van der Waals surface area contributed by atoms with E-state index in [1.54, 1.807) is 0 Å². The van der Waals surface area contributed by atoms with Crippen LogP contribution in [0.5, 0.6) is 0 Å². The van der Waals surface area contributed by atoms with Gasteiger partial charge < -0.3 is 10.6 Å². The first-order valence-corrected chi connectivity index (χ1v) is 5.78. The average molecular weight is 200 g/mol. The molecule has 0 aliphatic rings. The van der Waals surface area contributed by atoms with Gasteiger partial charge in [-0.25, -0.2) is 0 Å². The van der Waals surface area contributed by atoms with Crippen LogP contribution in [0.15, 0.2) is 0 Å². The molecule has 2 heteroatoms. The normalized spacial score (nSPS) is 14.8. The molecule has 2 nitrogen and oxygen atoms in total. The van der Waals surface area contributed by atoms with Crippen LogP contribution in [-0.2, 0) is 0 Å². The van der Waals surface area contributed by atoms with Gasteiger partial charge >= 0.3 is 0 Å². The lowest BCUT2D eigenvalue weighted by Gasteiger charge is -2.21. The van der Waals surface area contributed by atoms with Crippen LogP contribution in [0.3, 0.4) is 0 Å². The Balaban J connectivity index is 3.40. The molecule has 0 aromatic rings. The number of hydrogen-bond acceptors (Lipinski definition) is 2. The molecule has 0 amide bonds. The summed E-state index contributed by atoms with van der Waals surface area (Å²) in [7, 11) is 0. The van der Waals surface area contributed by atoms with Gasteiger partial charge in [-0.15, -0.1) is 0 Å². The maximum absolute atomic E-state index is 3.53. The van der Waals surface area contributed by atoms with Gasteiger partial charge in [-0.1, -0.05) is 34.6 Å². The largest absolute Gasteiger partial charge is 0.313 e. The second kappa shape index (κ2) is 6.41. The fourth-order valence-electron chi connectivity index (χ4n) is 1.18. The minimum absolute atomic E-state index is 0.443. The molecule has 0 radical (unpaired) electrons. The Morgan fingerprint density at radius 3 is 2.00 bits per heavy atom. The zero-order chi connectivity index (χ0) is 11.2. The van der Waals surface area contributed by atoms with E-state index in [4.69, 9.17) is 0 Å². The standard InChI is InChI=1S/C12H28N2/c1-10(2)14-9-11(3)13-8-7-12(4,5)6/h10-11,13-14H,7-9H2,1-6H3. The third-order valence-electron chi connectivity index (χ3n) is 2.20. The van der Waals surface area contributed by atoms with Crippen molar-refractivity contribution in [1.82, 2.24) is 10.6 Å². The minimum atomic E-state index is 0.443. The number of rotatable bonds is 6. The van der Waals surface area contributed by atoms with Gasteiger partial charge in [0.25, 0.3) is 0 Å². The highest BCUT2D eigenvalue weighted by Gasteiger charge is 2.10. The summed E-state index contributed by atoms with van der Waals surface area (Å²) in [6, 6.07) is 1.15. The second-order valence-electron chi connectivity index (χ2n) is 5.73. The van der Waals surface area contributed by atoms with E-state index < -0.39 is 0 Å². The van der Waals surface area contributed by atoms with Gasteiger partial charge in [0.2, 0.25) is 0 Å². The number of nitrogens with one attached hydrogen (secondary N) is 2. The van der Waals surface area contributed by atoms with E-state index in [2.05, 4.69) is 52.2 Å². The van der Waals surface area contributed by atoms with Gasteiger partial charge in [0, 0.05) is 18.6 Å². The highest BCUT2D eigenvalue weighted by molar-refractivity contribution is 4.69. The topological polar surface area (TPSA) is 24.1 Å². The van der Waals surface area contributed by atoms with Crippen LogP contribution in [0.4, 0.5) is 0 Å². The monoisotopic (exact) mass is 200 g/mol. The van der Waals surface area contributed by atoms with E-state index >= 15 is 0 Å². The molecular weight excluding hydrogens is 172 g/mol. The van der Waals surface area contributed by atoms with Crippen molar-refractivity contribution in [1.29, 1.82) is 0 Å². The summed E-state index contributed by atoms with van der Waals surface area (Å²) in [5.74, 6) is 0. The van der Waals surface area contributed by atoms with Gasteiger partial charge in [0.1, 0.15) is 0 Å². The number of hydrogen-bond donors (Lipinski definition) is 2. The molecule has 0 saturated carbocycles. The Hall–Kier alpha value is -0.0800. The van der Waals surface area contributed by atoms with Crippen LogP contribution < -0.4 is 10.6 Å². The summed E-state index contributed by atoms with van der Waals surface area (Å²) < 4.78 is 0. The van der Waals surface area contributed by atoms with Crippen LogP contribution in [0.1, 0.15) is 48.0 Å². The van der Waals surface area contributed by atoms with E-state index in [1.807, 2.05) is 0 Å². The van der Waals surface area contributed by atoms with Gasteiger partial charge in [0.15, 0.2) is 0 Å². The Labute approximate surface area is 89.9 Å². The SMILES string of the molecule is CC(C)NCC(C)NCCC(C)(C)C. The molecular formula is C12H28N2. The van der Waals surface area contributed by atoms with Crippen LogP contribution >= 0.6 is 0 Å². The fraction of sp³-hybridized carbons (Fsp3) is 1.00. The molecule has 0 heterocycles. The minimum Gasteiger partial charge on any atom is -0.313 e. The van der Waals surface area contributed by atoms with Crippen LogP contribution in [0.2, 0.25) is 0 Å². The van der Waals surface area contributed by atoms with Crippen molar-refractivity contribution in [2.75, 3.05) is 13.1 Å². The first kappa shape index (κ1) is 13.9. The molecule has 0 aromatic heterocycles. The highest BCUT2D eigenvalue weighted by Crippen LogP contribution is 2.16. The van der Waals surface area contributed by atoms with Gasteiger partial charge in [0.05, 0.1) is 0 Å². The first-order valence-electron chi connectivity index (χ1n) is 5.78. The molecule has 0 aromatic carbocycles. The molecule has 14 heavy (non-hydrogen) atoms. The Bertz CT molecular complexity index is 136. The van der Waals surface area contributed by atoms with Crippen molar-refractivity contribution in [2.45, 2.75) is 60.0 Å². The van der Waals surface area contributed by atoms with Gasteiger partial charge in [-0.05, 0) is 25.3 Å². The average Bonchev–Trinajstić information content (AvgIpc) is 1.98. The molecule has 86 valence electrons. The third kappa shape index (κ3) is 10.0. The predicted molar refractivity (Wildman–Crippen MR) is 64.7 cm³/mol. The van der Waals surface area contributed by atoms with Crippen LogP contribution in [-0.4, -0.2) is 25.2 Å². The summed E-state index contributed by atoms with van der Waals surface area (Å²) in [6.45, 7) is 15.6. The molecule has 0 bridgehead atoms. The summed E-state index contributed by atoms with van der Waals surface area (Å²) in [5, 5.41) is 6.96. The van der Waals surface area contributed by atoms with Crippen LogP contribution in [0.25, 0.3) is 0 Å². The quantitative estimate of drug-likeness (QED) is 0.688. The Kier molecular flexibility index (Phi) is 6.38. The molecule has 1 unspecified atom stereocenters. The van der Waals surface area contributed by atoms with E-state index in [1.165, 1.54) is 6.42 Å². The van der Waals surface area contributed by atoms with E-state index in [-0.39, 0.29) is 0 Å². The lowest BCUT2D eigenvalue weighted by molar-refractivity contribution is 0.352. The van der Waals surface area contributed by atoms with Crippen molar-refractivity contribution >= 4 is 0 Å². The molecule has 1 atom stereocenters. The zero-order valence-electron chi connectivity index (χ0n) is 10.8. The van der Waals surface area contributed by atoms with Crippen LogP contribution in [0, 0.1) is 5.41 Å². The molecule has 0 aliphatic carbocycles. The summed E-state index contributed by atoms with van der Waals surface area (Å²) in [4.78, 5) is 0. The summed E-state index contributed by atoms with van der Waals surface area (Å²) in [6.07, 6.45) is 1.24. The lowest BCUT2D eigenvalue weighted by Crippen LogP contribution is -2.39. The molecule has 0 aliphatic heterocycles. The summed E-state index contributed by atoms with van der Waals surface area (Å²) in [5.41, 5.74) is 0.443. The summed E-state index contributed by atoms with van der Waals surface area (Å²) >= 11 is 0. The predicted octanol–water partition coefficient (Wildman–Crippen LogP) is 2.40. The smallest absolute Gasteiger partial charge is 0.0164 e. The molecule has 0 rings (SSSR count). The Morgan fingerprint density at radius 1 is 1.00 bits per heavy atom. The van der Waals surface area contributed by atoms with Gasteiger partial charge in [-0.2, -0.15) is 0 Å². The lowest BCUT2D eigenvalue weighted by atomic mass is 9.92. The zero-order valence-corrected chi connectivity index (χ0v) is 10.8. The second-order valence-corrected chi connectivity index (χ2v) is 5.73. The van der Waals surface area contributed by atoms with Crippen molar-refractivity contribution in [3.05, 3.63) is 0 Å². The van der Waals surface area contributed by atoms with E-state index in [0.29, 0.717) is 17.5 Å².